The number of hydrogen-bond acceptors (Lipinski definition) is 3. The second-order valence-corrected chi connectivity index (χ2v) is 9.81. The fraction of sp³-hybridized carbons (Fsp3) is 0.185. The SMILES string of the molecule is CC(C)c1ccc(N2C(=S)NC(c3ccccn3)C2c2ccc(-c3ccc(F)cc3Br)o2)cc1. The van der Waals surface area contributed by atoms with Crippen LogP contribution in [0.5, 0.6) is 0 Å². The van der Waals surface area contributed by atoms with Crippen LogP contribution in [0.25, 0.3) is 11.3 Å². The van der Waals surface area contributed by atoms with Crippen molar-refractivity contribution in [2.24, 2.45) is 0 Å². The van der Waals surface area contributed by atoms with E-state index in [4.69, 9.17) is 16.6 Å². The minimum absolute atomic E-state index is 0.200. The highest BCUT2D eigenvalue weighted by atomic mass is 79.9. The predicted molar refractivity (Wildman–Crippen MR) is 140 cm³/mol. The molecule has 4 aromatic rings. The first-order valence-corrected chi connectivity index (χ1v) is 12.3. The van der Waals surface area contributed by atoms with Crippen LogP contribution in [0.1, 0.15) is 48.9 Å². The Morgan fingerprint density at radius 2 is 1.85 bits per heavy atom. The second-order valence-electron chi connectivity index (χ2n) is 8.57. The van der Waals surface area contributed by atoms with Crippen molar-refractivity contribution in [3.8, 4) is 11.3 Å². The van der Waals surface area contributed by atoms with Gasteiger partial charge in [-0.05, 0) is 94.2 Å². The summed E-state index contributed by atoms with van der Waals surface area (Å²) in [5, 5.41) is 4.06. The van der Waals surface area contributed by atoms with Crippen molar-refractivity contribution >= 4 is 38.9 Å². The van der Waals surface area contributed by atoms with Crippen LogP contribution in [0.15, 0.2) is 87.9 Å². The van der Waals surface area contributed by atoms with E-state index in [1.807, 2.05) is 30.3 Å². The Bertz CT molecular complexity index is 1320. The average molecular weight is 536 g/mol. The van der Waals surface area contributed by atoms with E-state index in [9.17, 15) is 4.39 Å². The number of thiocarbonyl (C=S) groups is 1. The van der Waals surface area contributed by atoms with E-state index in [0.29, 0.717) is 21.3 Å². The lowest BCUT2D eigenvalue weighted by Crippen LogP contribution is -2.29. The number of pyridine rings is 1. The fourth-order valence-electron chi connectivity index (χ4n) is 4.29. The van der Waals surface area contributed by atoms with Gasteiger partial charge in [0.1, 0.15) is 23.4 Å². The fourth-order valence-corrected chi connectivity index (χ4v) is 5.18. The number of halogens is 2. The predicted octanol–water partition coefficient (Wildman–Crippen LogP) is 7.54. The van der Waals surface area contributed by atoms with Gasteiger partial charge in [0.05, 0.1) is 11.7 Å². The first kappa shape index (κ1) is 22.7. The molecule has 0 spiro atoms. The van der Waals surface area contributed by atoms with Gasteiger partial charge in [-0.2, -0.15) is 0 Å². The van der Waals surface area contributed by atoms with Crippen molar-refractivity contribution in [2.45, 2.75) is 31.8 Å². The molecule has 5 rings (SSSR count). The topological polar surface area (TPSA) is 41.3 Å². The number of anilines is 1. The van der Waals surface area contributed by atoms with Gasteiger partial charge in [-0.25, -0.2) is 4.39 Å². The van der Waals surface area contributed by atoms with Crippen LogP contribution in [-0.2, 0) is 0 Å². The molecule has 1 N–H and O–H groups in total. The summed E-state index contributed by atoms with van der Waals surface area (Å²) in [6.07, 6.45) is 1.78. The summed E-state index contributed by atoms with van der Waals surface area (Å²) >= 11 is 9.24. The Hall–Kier alpha value is -3.03. The number of nitrogens with one attached hydrogen (secondary N) is 1. The Morgan fingerprint density at radius 3 is 2.53 bits per heavy atom. The van der Waals surface area contributed by atoms with Crippen LogP contribution in [0, 0.1) is 5.82 Å². The lowest BCUT2D eigenvalue weighted by atomic mass is 10.0. The Balaban J connectivity index is 1.58. The van der Waals surface area contributed by atoms with Crippen LogP contribution >= 0.6 is 28.1 Å². The largest absolute Gasteiger partial charge is 0.459 e. The first-order valence-electron chi connectivity index (χ1n) is 11.1. The molecule has 2 aromatic carbocycles. The van der Waals surface area contributed by atoms with Gasteiger partial charge in [0.15, 0.2) is 5.11 Å². The molecule has 2 atom stereocenters. The van der Waals surface area contributed by atoms with Crippen LogP contribution < -0.4 is 10.2 Å². The van der Waals surface area contributed by atoms with Crippen LogP contribution in [0.4, 0.5) is 10.1 Å². The molecule has 7 heteroatoms. The normalized spacial score (nSPS) is 17.9. The molecule has 0 radical (unpaired) electrons. The standard InChI is InChI=1S/C27H23BrFN3OS/c1-16(2)17-6-9-19(10-7-17)32-26(25(31-27(32)34)22-5-3-4-14-30-22)24-13-12-23(33-24)20-11-8-18(29)15-21(20)28/h3-16,25-26H,1-2H3,(H,31,34). The summed E-state index contributed by atoms with van der Waals surface area (Å²) in [7, 11) is 0. The zero-order valence-electron chi connectivity index (χ0n) is 18.7. The third-order valence-electron chi connectivity index (χ3n) is 6.05. The molecule has 1 aliphatic heterocycles. The van der Waals surface area contributed by atoms with Gasteiger partial charge >= 0.3 is 0 Å². The molecule has 1 aliphatic rings. The summed E-state index contributed by atoms with van der Waals surface area (Å²) in [6.45, 7) is 4.35. The highest BCUT2D eigenvalue weighted by Gasteiger charge is 2.42. The molecule has 1 fully saturated rings. The second kappa shape index (κ2) is 9.31. The van der Waals surface area contributed by atoms with Gasteiger partial charge in [-0.1, -0.05) is 32.0 Å². The minimum Gasteiger partial charge on any atom is -0.459 e. The molecular weight excluding hydrogens is 513 g/mol. The van der Waals surface area contributed by atoms with Crippen molar-refractivity contribution in [3.05, 3.63) is 106 Å². The van der Waals surface area contributed by atoms with Gasteiger partial charge in [-0.15, -0.1) is 0 Å². The summed E-state index contributed by atoms with van der Waals surface area (Å²) in [5.74, 6) is 1.52. The molecule has 3 heterocycles. The summed E-state index contributed by atoms with van der Waals surface area (Å²) in [5.41, 5.74) is 3.90. The molecular formula is C27H23BrFN3OS. The molecule has 0 amide bonds. The number of nitrogens with zero attached hydrogens (tertiary/aromatic N) is 2. The van der Waals surface area contributed by atoms with E-state index in [0.717, 1.165) is 22.7 Å². The van der Waals surface area contributed by atoms with Gasteiger partial charge in [0, 0.05) is 21.9 Å². The van der Waals surface area contributed by atoms with E-state index in [1.165, 1.54) is 17.7 Å². The van der Waals surface area contributed by atoms with Crippen LogP contribution in [0.2, 0.25) is 0 Å². The number of furan rings is 1. The lowest BCUT2D eigenvalue weighted by molar-refractivity contribution is 0.439. The van der Waals surface area contributed by atoms with Gasteiger partial charge in [-0.3, -0.25) is 4.98 Å². The van der Waals surface area contributed by atoms with Crippen LogP contribution in [-0.4, -0.2) is 10.1 Å². The van der Waals surface area contributed by atoms with E-state index in [2.05, 4.69) is 69.2 Å². The Kier molecular flexibility index (Phi) is 6.23. The highest BCUT2D eigenvalue weighted by molar-refractivity contribution is 9.10. The third kappa shape index (κ3) is 4.26. The van der Waals surface area contributed by atoms with E-state index in [-0.39, 0.29) is 17.9 Å². The maximum atomic E-state index is 13.6. The molecule has 0 saturated carbocycles. The summed E-state index contributed by atoms with van der Waals surface area (Å²) in [4.78, 5) is 6.67. The van der Waals surface area contributed by atoms with Gasteiger partial charge < -0.3 is 14.6 Å². The molecule has 34 heavy (non-hydrogen) atoms. The number of aromatic nitrogens is 1. The van der Waals surface area contributed by atoms with Crippen molar-refractivity contribution in [1.29, 1.82) is 0 Å². The molecule has 1 saturated heterocycles. The number of benzene rings is 2. The monoisotopic (exact) mass is 535 g/mol. The smallest absolute Gasteiger partial charge is 0.174 e. The third-order valence-corrected chi connectivity index (χ3v) is 7.02. The quantitative estimate of drug-likeness (QED) is 0.267. The number of rotatable bonds is 5. The maximum absolute atomic E-state index is 13.6. The van der Waals surface area contributed by atoms with Crippen molar-refractivity contribution in [3.63, 3.8) is 0 Å². The Morgan fingerprint density at radius 1 is 1.06 bits per heavy atom. The molecule has 0 aliphatic carbocycles. The minimum atomic E-state index is -0.306. The zero-order valence-corrected chi connectivity index (χ0v) is 21.1. The highest BCUT2D eigenvalue weighted by Crippen LogP contribution is 2.43. The first-order chi connectivity index (χ1) is 16.4. The van der Waals surface area contributed by atoms with E-state index < -0.39 is 0 Å². The van der Waals surface area contributed by atoms with Gasteiger partial charge in [0.2, 0.25) is 0 Å². The molecule has 172 valence electrons. The van der Waals surface area contributed by atoms with E-state index in [1.54, 1.807) is 12.3 Å². The molecule has 0 bridgehead atoms. The number of hydrogen-bond donors (Lipinski definition) is 1. The summed E-state index contributed by atoms with van der Waals surface area (Å²) < 4.78 is 20.6. The molecule has 2 aromatic heterocycles. The lowest BCUT2D eigenvalue weighted by Gasteiger charge is -2.26. The van der Waals surface area contributed by atoms with Crippen LogP contribution in [0.3, 0.4) is 0 Å². The van der Waals surface area contributed by atoms with Crippen molar-refractivity contribution < 1.29 is 8.81 Å². The Labute approximate surface area is 212 Å². The molecule has 2 unspecified atom stereocenters. The molecule has 4 nitrogen and oxygen atoms in total. The maximum Gasteiger partial charge on any atom is 0.174 e. The van der Waals surface area contributed by atoms with Crippen molar-refractivity contribution in [1.82, 2.24) is 10.3 Å². The van der Waals surface area contributed by atoms with Gasteiger partial charge in [0.25, 0.3) is 0 Å². The zero-order chi connectivity index (χ0) is 23.8. The summed E-state index contributed by atoms with van der Waals surface area (Å²) in [6, 6.07) is 22.3. The average Bonchev–Trinajstić information content (AvgIpc) is 3.44. The van der Waals surface area contributed by atoms with E-state index >= 15 is 0 Å². The van der Waals surface area contributed by atoms with Crippen molar-refractivity contribution in [2.75, 3.05) is 4.90 Å².